The van der Waals surface area contributed by atoms with Crippen LogP contribution in [0.15, 0.2) is 0 Å². The highest BCUT2D eigenvalue weighted by Gasteiger charge is 2.50. The van der Waals surface area contributed by atoms with Crippen LogP contribution in [0.4, 0.5) is 0 Å². The van der Waals surface area contributed by atoms with E-state index in [-0.39, 0.29) is 0 Å². The topological polar surface area (TPSA) is 24.6 Å². The molecule has 0 aromatic rings. The van der Waals surface area contributed by atoms with Gasteiger partial charge in [0.1, 0.15) is 0 Å². The summed E-state index contributed by atoms with van der Waals surface area (Å²) in [6, 6.07) is 0. The van der Waals surface area contributed by atoms with E-state index in [0.717, 1.165) is 25.6 Å². The van der Waals surface area contributed by atoms with Gasteiger partial charge in [-0.15, -0.1) is 0 Å². The summed E-state index contributed by atoms with van der Waals surface area (Å²) in [6.07, 6.45) is 1.22. The molecule has 2 heteroatoms. The van der Waals surface area contributed by atoms with Crippen molar-refractivity contribution in [2.75, 3.05) is 19.7 Å². The molecule has 2 rings (SSSR count). The van der Waals surface area contributed by atoms with E-state index in [1.165, 1.54) is 6.42 Å². The van der Waals surface area contributed by atoms with Gasteiger partial charge in [-0.3, -0.25) is 0 Å². The van der Waals surface area contributed by atoms with Crippen molar-refractivity contribution >= 4 is 0 Å². The predicted molar refractivity (Wildman–Crippen MR) is 35.3 cm³/mol. The van der Waals surface area contributed by atoms with Crippen LogP contribution >= 0.6 is 0 Å². The van der Waals surface area contributed by atoms with Gasteiger partial charge in [0.05, 0.1) is 12.2 Å². The molecule has 2 nitrogen and oxygen atoms in total. The molecule has 2 atom stereocenters. The molecule has 52 valence electrons. The first-order chi connectivity index (χ1) is 4.33. The van der Waals surface area contributed by atoms with Crippen LogP contribution in [0.2, 0.25) is 0 Å². The van der Waals surface area contributed by atoms with Crippen LogP contribution in [0.25, 0.3) is 0 Å². The Morgan fingerprint density at radius 2 is 2.44 bits per heavy atom. The van der Waals surface area contributed by atoms with Crippen molar-refractivity contribution < 1.29 is 4.74 Å². The molecule has 0 bridgehead atoms. The average Bonchev–Trinajstić information content (AvgIpc) is 2.60. The normalized spacial score (nSPS) is 49.7. The van der Waals surface area contributed by atoms with Gasteiger partial charge in [0.25, 0.3) is 0 Å². The molecule has 2 saturated heterocycles. The number of piperidine rings is 1. The van der Waals surface area contributed by atoms with Crippen molar-refractivity contribution in [1.82, 2.24) is 5.32 Å². The molecule has 2 aliphatic heterocycles. The molecule has 2 aliphatic rings. The zero-order chi connectivity index (χ0) is 6.32. The Bertz CT molecular complexity index is 120. The summed E-state index contributed by atoms with van der Waals surface area (Å²) in [6.45, 7) is 5.55. The summed E-state index contributed by atoms with van der Waals surface area (Å²) in [7, 11) is 0. The maximum Gasteiger partial charge on any atom is 0.0966 e. The lowest BCUT2D eigenvalue weighted by Gasteiger charge is -2.25. The summed E-state index contributed by atoms with van der Waals surface area (Å²) in [4.78, 5) is 0. The lowest BCUT2D eigenvalue weighted by atomic mass is 9.88. The molecule has 9 heavy (non-hydrogen) atoms. The van der Waals surface area contributed by atoms with E-state index in [2.05, 4.69) is 12.2 Å². The first-order valence-corrected chi connectivity index (χ1v) is 3.68. The van der Waals surface area contributed by atoms with Gasteiger partial charge in [0, 0.05) is 6.54 Å². The van der Waals surface area contributed by atoms with Crippen LogP contribution < -0.4 is 5.32 Å². The van der Waals surface area contributed by atoms with Gasteiger partial charge in [-0.1, -0.05) is 6.92 Å². The fraction of sp³-hybridized carbons (Fsp3) is 1.00. The van der Waals surface area contributed by atoms with Crippen molar-refractivity contribution in [1.29, 1.82) is 0 Å². The highest BCUT2D eigenvalue weighted by molar-refractivity contribution is 5.00. The molecule has 2 fully saturated rings. The Morgan fingerprint density at radius 3 is 2.89 bits per heavy atom. The first-order valence-electron chi connectivity index (χ1n) is 3.68. The molecule has 2 heterocycles. The minimum Gasteiger partial charge on any atom is -0.369 e. The average molecular weight is 127 g/mol. The highest BCUT2D eigenvalue weighted by Crippen LogP contribution is 2.39. The molecule has 0 aliphatic carbocycles. The number of ether oxygens (including phenoxy) is 1. The van der Waals surface area contributed by atoms with E-state index in [0.29, 0.717) is 5.60 Å². The Balaban J connectivity index is 2.03. The van der Waals surface area contributed by atoms with Crippen LogP contribution in [-0.2, 0) is 4.74 Å². The number of hydrogen-bond acceptors (Lipinski definition) is 2. The zero-order valence-electron chi connectivity index (χ0n) is 5.81. The number of epoxide rings is 1. The summed E-state index contributed by atoms with van der Waals surface area (Å²) < 4.78 is 5.41. The molecule has 0 aromatic heterocycles. The molecule has 0 amide bonds. The van der Waals surface area contributed by atoms with Crippen molar-refractivity contribution in [2.24, 2.45) is 5.92 Å². The minimum atomic E-state index is 0.325. The number of hydrogen-bond donors (Lipinski definition) is 1. The third-order valence-electron chi connectivity index (χ3n) is 2.59. The van der Waals surface area contributed by atoms with Gasteiger partial charge in [-0.05, 0) is 18.9 Å². The SMILES string of the molecule is CC1CNCCC12CO2. The monoisotopic (exact) mass is 127 g/mol. The van der Waals surface area contributed by atoms with Crippen molar-refractivity contribution in [2.45, 2.75) is 18.9 Å². The van der Waals surface area contributed by atoms with Crippen LogP contribution in [-0.4, -0.2) is 25.3 Å². The van der Waals surface area contributed by atoms with Crippen molar-refractivity contribution in [3.05, 3.63) is 0 Å². The van der Waals surface area contributed by atoms with Crippen LogP contribution in [0.5, 0.6) is 0 Å². The Kier molecular flexibility index (Phi) is 1.08. The van der Waals surface area contributed by atoms with Crippen molar-refractivity contribution in [3.8, 4) is 0 Å². The van der Waals surface area contributed by atoms with E-state index >= 15 is 0 Å². The second kappa shape index (κ2) is 1.70. The second-order valence-corrected chi connectivity index (χ2v) is 3.21. The van der Waals surface area contributed by atoms with Crippen LogP contribution in [0.3, 0.4) is 0 Å². The van der Waals surface area contributed by atoms with E-state index < -0.39 is 0 Å². The molecule has 1 N–H and O–H groups in total. The Hall–Kier alpha value is -0.0800. The summed E-state index contributed by atoms with van der Waals surface area (Å²) in [5.41, 5.74) is 0.325. The standard InChI is InChI=1S/C7H13NO/c1-6-4-8-3-2-7(6)5-9-7/h6,8H,2-5H2,1H3. The van der Waals surface area contributed by atoms with Gasteiger partial charge < -0.3 is 10.1 Å². The fourth-order valence-corrected chi connectivity index (χ4v) is 1.57. The minimum absolute atomic E-state index is 0.325. The zero-order valence-corrected chi connectivity index (χ0v) is 5.81. The van der Waals surface area contributed by atoms with E-state index in [1.807, 2.05) is 0 Å². The van der Waals surface area contributed by atoms with Gasteiger partial charge in [-0.25, -0.2) is 0 Å². The second-order valence-electron chi connectivity index (χ2n) is 3.21. The van der Waals surface area contributed by atoms with Crippen molar-refractivity contribution in [3.63, 3.8) is 0 Å². The van der Waals surface area contributed by atoms with Crippen LogP contribution in [0, 0.1) is 5.92 Å². The Morgan fingerprint density at radius 1 is 1.67 bits per heavy atom. The van der Waals surface area contributed by atoms with E-state index in [4.69, 9.17) is 4.74 Å². The van der Waals surface area contributed by atoms with Gasteiger partial charge in [0.15, 0.2) is 0 Å². The largest absolute Gasteiger partial charge is 0.369 e. The number of nitrogens with one attached hydrogen (secondary N) is 1. The summed E-state index contributed by atoms with van der Waals surface area (Å²) >= 11 is 0. The quantitative estimate of drug-likeness (QED) is 0.476. The third kappa shape index (κ3) is 0.775. The van der Waals surface area contributed by atoms with Crippen LogP contribution in [0.1, 0.15) is 13.3 Å². The smallest absolute Gasteiger partial charge is 0.0966 e. The lowest BCUT2D eigenvalue weighted by molar-refractivity contribution is 0.183. The molecule has 0 saturated carbocycles. The van der Waals surface area contributed by atoms with E-state index in [9.17, 15) is 0 Å². The van der Waals surface area contributed by atoms with Gasteiger partial charge >= 0.3 is 0 Å². The molecule has 2 unspecified atom stereocenters. The van der Waals surface area contributed by atoms with Gasteiger partial charge in [-0.2, -0.15) is 0 Å². The molecule has 0 aromatic carbocycles. The maximum absolute atomic E-state index is 5.41. The Labute approximate surface area is 55.6 Å². The summed E-state index contributed by atoms with van der Waals surface area (Å²) in [5.74, 6) is 0.728. The fourth-order valence-electron chi connectivity index (χ4n) is 1.57. The highest BCUT2D eigenvalue weighted by atomic mass is 16.6. The maximum atomic E-state index is 5.41. The molecular weight excluding hydrogens is 114 g/mol. The number of rotatable bonds is 0. The molecule has 0 radical (unpaired) electrons. The first kappa shape index (κ1) is 5.69. The summed E-state index contributed by atoms with van der Waals surface area (Å²) in [5, 5.41) is 3.35. The lowest BCUT2D eigenvalue weighted by Crippen LogP contribution is -2.40. The van der Waals surface area contributed by atoms with Gasteiger partial charge in [0.2, 0.25) is 0 Å². The molecule has 1 spiro atoms. The predicted octanol–water partition coefficient (Wildman–Crippen LogP) is 0.385. The van der Waals surface area contributed by atoms with E-state index in [1.54, 1.807) is 0 Å². The molecular formula is C7H13NO. The third-order valence-corrected chi connectivity index (χ3v) is 2.59.